The highest BCUT2D eigenvalue weighted by Gasteiger charge is 2.34. The molecule has 0 amide bonds. The molecule has 3 rings (SSSR count). The van der Waals surface area contributed by atoms with Gasteiger partial charge < -0.3 is 4.74 Å². The minimum atomic E-state index is -4.54. The molecule has 0 saturated carbocycles. The lowest BCUT2D eigenvalue weighted by Crippen LogP contribution is -2.13. The fraction of sp³-hybridized carbons (Fsp3) is 0.200. The van der Waals surface area contributed by atoms with Gasteiger partial charge >= 0.3 is 6.18 Å². The number of carbonyl (C=O) groups is 1. The van der Waals surface area contributed by atoms with Crippen LogP contribution in [0.25, 0.3) is 0 Å². The molecule has 0 unspecified atom stereocenters. The lowest BCUT2D eigenvalue weighted by molar-refractivity contribution is -0.138. The van der Waals surface area contributed by atoms with E-state index in [-0.39, 0.29) is 29.8 Å². The number of carbonyl (C=O) groups excluding carboxylic acids is 1. The highest BCUT2D eigenvalue weighted by Crippen LogP contribution is 2.34. The summed E-state index contributed by atoms with van der Waals surface area (Å²) in [4.78, 5) is 12.2. The highest BCUT2D eigenvalue weighted by atomic mass is 19.4. The fourth-order valence-corrected chi connectivity index (χ4v) is 2.79. The summed E-state index contributed by atoms with van der Waals surface area (Å²) in [6.07, 6.45) is -3.21. The third kappa shape index (κ3) is 4.39. The monoisotopic (exact) mass is 392 g/mol. The Morgan fingerprint density at radius 3 is 2.57 bits per heavy atom. The topological polar surface area (TPSA) is 44.1 Å². The summed E-state index contributed by atoms with van der Waals surface area (Å²) in [5.74, 6) is -0.975. The molecule has 0 fully saturated rings. The van der Waals surface area contributed by atoms with E-state index in [2.05, 4.69) is 5.10 Å². The quantitative estimate of drug-likeness (QED) is 0.458. The van der Waals surface area contributed by atoms with E-state index in [0.29, 0.717) is 5.69 Å². The first-order valence-electron chi connectivity index (χ1n) is 8.32. The van der Waals surface area contributed by atoms with Crippen LogP contribution in [0, 0.1) is 5.82 Å². The van der Waals surface area contributed by atoms with E-state index in [1.165, 1.54) is 54.4 Å². The predicted molar refractivity (Wildman–Crippen MR) is 93.8 cm³/mol. The van der Waals surface area contributed by atoms with Crippen molar-refractivity contribution in [1.29, 1.82) is 0 Å². The van der Waals surface area contributed by atoms with Gasteiger partial charge in [-0.2, -0.15) is 18.3 Å². The van der Waals surface area contributed by atoms with Gasteiger partial charge in [-0.1, -0.05) is 18.2 Å². The van der Waals surface area contributed by atoms with Gasteiger partial charge in [0.2, 0.25) is 0 Å². The minimum Gasteiger partial charge on any atom is -0.497 e. The molecule has 4 nitrogen and oxygen atoms in total. The highest BCUT2D eigenvalue weighted by molar-refractivity contribution is 5.97. The zero-order valence-electron chi connectivity index (χ0n) is 14.8. The molecule has 3 aromatic rings. The molecule has 0 N–H and O–H groups in total. The van der Waals surface area contributed by atoms with Crippen molar-refractivity contribution in [3.8, 4) is 5.75 Å². The molecule has 1 aromatic heterocycles. The maximum atomic E-state index is 13.7. The van der Waals surface area contributed by atoms with Crippen molar-refractivity contribution < 1.29 is 27.1 Å². The molecule has 1 heterocycles. The van der Waals surface area contributed by atoms with Crippen LogP contribution in [0.3, 0.4) is 0 Å². The van der Waals surface area contributed by atoms with Crippen LogP contribution in [0.4, 0.5) is 17.6 Å². The number of ketones is 1. The van der Waals surface area contributed by atoms with Crippen molar-refractivity contribution in [3.63, 3.8) is 0 Å². The molecule has 0 radical (unpaired) electrons. The summed E-state index contributed by atoms with van der Waals surface area (Å²) in [7, 11) is 1.29. The molecule has 0 aliphatic rings. The fourth-order valence-electron chi connectivity index (χ4n) is 2.79. The van der Waals surface area contributed by atoms with Gasteiger partial charge in [-0.25, -0.2) is 4.39 Å². The Hall–Kier alpha value is -3.16. The molecule has 2 aromatic carbocycles. The van der Waals surface area contributed by atoms with Gasteiger partial charge in [0.25, 0.3) is 0 Å². The summed E-state index contributed by atoms with van der Waals surface area (Å²) >= 11 is 0. The molecule has 28 heavy (non-hydrogen) atoms. The van der Waals surface area contributed by atoms with E-state index in [4.69, 9.17) is 4.74 Å². The molecule has 0 spiro atoms. The molecule has 0 bridgehead atoms. The first-order valence-corrected chi connectivity index (χ1v) is 8.32. The molecular weight excluding hydrogens is 376 g/mol. The molecule has 8 heteroatoms. The number of hydrogen-bond donors (Lipinski definition) is 0. The minimum absolute atomic E-state index is 0.0170. The molecule has 0 aliphatic heterocycles. The largest absolute Gasteiger partial charge is 0.497 e. The molecule has 146 valence electrons. The molecular formula is C20H16F4N2O2. The van der Waals surface area contributed by atoms with Crippen LogP contribution in [0.15, 0.2) is 54.7 Å². The van der Waals surface area contributed by atoms with E-state index >= 15 is 0 Å². The molecule has 0 saturated heterocycles. The number of alkyl halides is 3. The van der Waals surface area contributed by atoms with E-state index in [1.807, 2.05) is 0 Å². The first-order chi connectivity index (χ1) is 13.3. The van der Waals surface area contributed by atoms with Crippen LogP contribution < -0.4 is 4.74 Å². The number of ether oxygens (including phenoxy) is 1. The normalized spacial score (nSPS) is 11.5. The van der Waals surface area contributed by atoms with Gasteiger partial charge in [0.05, 0.1) is 36.9 Å². The Balaban J connectivity index is 1.78. The predicted octanol–water partition coefficient (Wildman–Crippen LogP) is 4.52. The lowest BCUT2D eigenvalue weighted by Gasteiger charge is -2.14. The first kappa shape index (κ1) is 19.6. The van der Waals surface area contributed by atoms with Gasteiger partial charge in [0.1, 0.15) is 11.6 Å². The number of aromatic nitrogens is 2. The SMILES string of the molecule is COc1ccc(Cn2ccc(CC(=O)c3ccccc3F)n2)c(C(F)(F)F)c1. The van der Waals surface area contributed by atoms with E-state index in [1.54, 1.807) is 6.07 Å². The number of Topliss-reactive ketones (excluding diaryl/α,β-unsaturated/α-hetero) is 1. The van der Waals surface area contributed by atoms with Crippen LogP contribution in [0.1, 0.15) is 27.2 Å². The third-order valence-electron chi connectivity index (χ3n) is 4.17. The van der Waals surface area contributed by atoms with Crippen LogP contribution in [-0.4, -0.2) is 22.7 Å². The second-order valence-electron chi connectivity index (χ2n) is 6.11. The number of methoxy groups -OCH3 is 1. The third-order valence-corrected chi connectivity index (χ3v) is 4.17. The smallest absolute Gasteiger partial charge is 0.416 e. The van der Waals surface area contributed by atoms with Crippen LogP contribution in [-0.2, 0) is 19.1 Å². The number of rotatable bonds is 6. The maximum Gasteiger partial charge on any atom is 0.416 e. The zero-order valence-corrected chi connectivity index (χ0v) is 14.8. The van der Waals surface area contributed by atoms with Crippen molar-refractivity contribution in [2.75, 3.05) is 7.11 Å². The van der Waals surface area contributed by atoms with Gasteiger partial charge in [-0.15, -0.1) is 0 Å². The summed E-state index contributed by atoms with van der Waals surface area (Å²) in [6.45, 7) is -0.132. The Bertz CT molecular complexity index is 996. The van der Waals surface area contributed by atoms with E-state index in [0.717, 1.165) is 6.07 Å². The average Bonchev–Trinajstić information content (AvgIpc) is 3.08. The number of benzene rings is 2. The Morgan fingerprint density at radius 1 is 1.14 bits per heavy atom. The van der Waals surface area contributed by atoms with Crippen LogP contribution in [0.5, 0.6) is 5.75 Å². The Labute approximate surface area is 158 Å². The summed E-state index contributed by atoms with van der Waals surface area (Å²) in [6, 6.07) is 10.8. The van der Waals surface area contributed by atoms with Gasteiger partial charge in [0.15, 0.2) is 5.78 Å². The van der Waals surface area contributed by atoms with Gasteiger partial charge in [0, 0.05) is 6.20 Å². The van der Waals surface area contributed by atoms with Crippen molar-refractivity contribution in [1.82, 2.24) is 9.78 Å². The Kier molecular flexibility index (Phi) is 5.48. The summed E-state index contributed by atoms with van der Waals surface area (Å²) < 4.78 is 59.8. The standard InChI is InChI=1S/C20H16F4N2O2/c1-28-15-7-6-13(17(11-15)20(22,23)24)12-26-9-8-14(25-26)10-19(27)16-4-2-3-5-18(16)21/h2-9,11H,10,12H2,1H3. The Morgan fingerprint density at radius 2 is 1.89 bits per heavy atom. The lowest BCUT2D eigenvalue weighted by atomic mass is 10.1. The maximum absolute atomic E-state index is 13.7. The summed E-state index contributed by atoms with van der Waals surface area (Å²) in [5, 5.41) is 4.14. The van der Waals surface area contributed by atoms with Crippen molar-refractivity contribution in [3.05, 3.63) is 82.9 Å². The van der Waals surface area contributed by atoms with Crippen molar-refractivity contribution in [2.45, 2.75) is 19.1 Å². The van der Waals surface area contributed by atoms with Crippen molar-refractivity contribution in [2.24, 2.45) is 0 Å². The molecule has 0 atom stereocenters. The summed E-state index contributed by atoms with van der Waals surface area (Å²) in [5.41, 5.74) is -0.503. The van der Waals surface area contributed by atoms with Crippen LogP contribution >= 0.6 is 0 Å². The second-order valence-corrected chi connectivity index (χ2v) is 6.11. The van der Waals surface area contributed by atoms with Crippen molar-refractivity contribution >= 4 is 5.78 Å². The number of nitrogens with zero attached hydrogens (tertiary/aromatic N) is 2. The van der Waals surface area contributed by atoms with Gasteiger partial charge in [-0.05, 0) is 35.9 Å². The number of halogens is 4. The van der Waals surface area contributed by atoms with E-state index in [9.17, 15) is 22.4 Å². The second kappa shape index (κ2) is 7.84. The molecule has 0 aliphatic carbocycles. The zero-order chi connectivity index (χ0) is 20.3. The van der Waals surface area contributed by atoms with Gasteiger partial charge in [-0.3, -0.25) is 9.48 Å². The van der Waals surface area contributed by atoms with E-state index < -0.39 is 23.3 Å². The van der Waals surface area contributed by atoms with Crippen LogP contribution in [0.2, 0.25) is 0 Å². The number of hydrogen-bond acceptors (Lipinski definition) is 3. The average molecular weight is 392 g/mol.